The lowest BCUT2D eigenvalue weighted by atomic mass is 10.1. The summed E-state index contributed by atoms with van der Waals surface area (Å²) >= 11 is 0. The summed E-state index contributed by atoms with van der Waals surface area (Å²) in [6.45, 7) is 4.97. The van der Waals surface area contributed by atoms with Gasteiger partial charge in [0.1, 0.15) is 5.75 Å². The van der Waals surface area contributed by atoms with Crippen LogP contribution in [-0.2, 0) is 26.2 Å². The molecule has 0 heterocycles. The number of ether oxygens (including phenoxy) is 1. The second-order valence-corrected chi connectivity index (χ2v) is 6.92. The van der Waals surface area contributed by atoms with Crippen molar-refractivity contribution < 1.29 is 22.1 Å². The predicted octanol–water partition coefficient (Wildman–Crippen LogP) is 1.66. The number of benzene rings is 1. The zero-order valence-corrected chi connectivity index (χ0v) is 14.2. The second kappa shape index (κ2) is 8.14. The molecule has 0 fully saturated rings. The van der Waals surface area contributed by atoms with Crippen LogP contribution in [0.4, 0.5) is 0 Å². The molecule has 0 N–H and O–H groups in total. The van der Waals surface area contributed by atoms with E-state index in [1.807, 2.05) is 19.9 Å². The van der Waals surface area contributed by atoms with E-state index in [-0.39, 0.29) is 17.6 Å². The van der Waals surface area contributed by atoms with Crippen molar-refractivity contribution in [3.8, 4) is 5.75 Å². The summed E-state index contributed by atoms with van der Waals surface area (Å²) < 4.78 is 32.2. The minimum atomic E-state index is -3.57. The summed E-state index contributed by atoms with van der Waals surface area (Å²) in [7, 11) is -1.98. The highest BCUT2D eigenvalue weighted by Crippen LogP contribution is 2.17. The van der Waals surface area contributed by atoms with Crippen LogP contribution in [0.1, 0.15) is 19.4 Å². The molecule has 124 valence electrons. The number of carbonyl (C=O) groups excluding carboxylic acids is 1. The van der Waals surface area contributed by atoms with Gasteiger partial charge >= 0.3 is 10.1 Å². The first-order chi connectivity index (χ1) is 10.2. The van der Waals surface area contributed by atoms with E-state index in [2.05, 4.69) is 0 Å². The van der Waals surface area contributed by atoms with Gasteiger partial charge in [-0.25, -0.2) is 0 Å². The lowest BCUT2D eigenvalue weighted by Gasteiger charge is -2.24. The molecule has 0 aliphatic rings. The number of rotatable bonds is 8. The molecule has 1 amide bonds. The van der Waals surface area contributed by atoms with E-state index in [0.717, 1.165) is 11.8 Å². The van der Waals surface area contributed by atoms with Crippen LogP contribution in [0, 0.1) is 5.92 Å². The molecule has 0 bridgehead atoms. The molecule has 1 aromatic carbocycles. The minimum absolute atomic E-state index is 0.0199. The summed E-state index contributed by atoms with van der Waals surface area (Å²) in [6, 6.07) is 6.70. The molecule has 0 aliphatic carbocycles. The third-order valence-electron chi connectivity index (χ3n) is 2.89. The molecule has 0 saturated carbocycles. The van der Waals surface area contributed by atoms with Crippen LogP contribution in [0.3, 0.4) is 0 Å². The number of methoxy groups -OCH3 is 1. The van der Waals surface area contributed by atoms with E-state index in [1.165, 1.54) is 0 Å². The molecule has 0 aliphatic heterocycles. The molecule has 0 radical (unpaired) electrons. The first-order valence-electron chi connectivity index (χ1n) is 6.99. The molecule has 6 nitrogen and oxygen atoms in total. The quantitative estimate of drug-likeness (QED) is 0.678. The minimum Gasteiger partial charge on any atom is -0.383 e. The van der Waals surface area contributed by atoms with Crippen molar-refractivity contribution in [2.75, 3.05) is 26.5 Å². The van der Waals surface area contributed by atoms with E-state index in [4.69, 9.17) is 8.92 Å². The molecule has 0 saturated heterocycles. The zero-order chi connectivity index (χ0) is 16.8. The van der Waals surface area contributed by atoms with Crippen molar-refractivity contribution in [3.05, 3.63) is 29.8 Å². The Kier molecular flexibility index (Phi) is 6.83. The summed E-state index contributed by atoms with van der Waals surface area (Å²) in [4.78, 5) is 13.9. The van der Waals surface area contributed by atoms with Gasteiger partial charge in [-0.2, -0.15) is 8.42 Å². The Bertz CT molecular complexity index is 598. The number of amides is 1. The van der Waals surface area contributed by atoms with Crippen molar-refractivity contribution in [1.82, 2.24) is 4.90 Å². The van der Waals surface area contributed by atoms with E-state index in [0.29, 0.717) is 19.7 Å². The van der Waals surface area contributed by atoms with E-state index in [1.54, 1.807) is 30.2 Å². The summed E-state index contributed by atoms with van der Waals surface area (Å²) in [6.07, 6.45) is 0.993. The number of carbonyl (C=O) groups is 1. The van der Waals surface area contributed by atoms with Gasteiger partial charge in [-0.3, -0.25) is 4.79 Å². The normalized spacial score (nSPS) is 11.5. The fourth-order valence-electron chi connectivity index (χ4n) is 1.92. The van der Waals surface area contributed by atoms with Crippen LogP contribution in [0.5, 0.6) is 5.75 Å². The maximum Gasteiger partial charge on any atom is 0.306 e. The van der Waals surface area contributed by atoms with Gasteiger partial charge in [-0.1, -0.05) is 26.0 Å². The molecular formula is C15H23NO5S. The fraction of sp³-hybridized carbons (Fsp3) is 0.533. The third-order valence-corrected chi connectivity index (χ3v) is 3.39. The van der Waals surface area contributed by atoms with Gasteiger partial charge < -0.3 is 13.8 Å². The summed E-state index contributed by atoms with van der Waals surface area (Å²) in [5, 5.41) is 0. The Balaban J connectivity index is 2.88. The molecule has 7 heteroatoms. The van der Waals surface area contributed by atoms with E-state index < -0.39 is 10.1 Å². The molecule has 22 heavy (non-hydrogen) atoms. The summed E-state index contributed by atoms with van der Waals surface area (Å²) in [5.74, 6) is 0.141. The maximum atomic E-state index is 12.2. The van der Waals surface area contributed by atoms with Crippen molar-refractivity contribution >= 4 is 16.0 Å². The Morgan fingerprint density at radius 3 is 2.55 bits per heavy atom. The van der Waals surface area contributed by atoms with Gasteiger partial charge in [-0.15, -0.1) is 0 Å². The van der Waals surface area contributed by atoms with Gasteiger partial charge in [0, 0.05) is 26.1 Å². The zero-order valence-electron chi connectivity index (χ0n) is 13.4. The lowest BCUT2D eigenvalue weighted by molar-refractivity contribution is -0.135. The molecular weight excluding hydrogens is 306 g/mol. The first kappa shape index (κ1) is 18.4. The smallest absolute Gasteiger partial charge is 0.306 e. The molecule has 1 rings (SSSR count). The SMILES string of the molecule is COCCN(Cc1cccc(OS(C)(=O)=O)c1)C(=O)C(C)C. The second-order valence-electron chi connectivity index (χ2n) is 5.34. The van der Waals surface area contributed by atoms with Crippen LogP contribution >= 0.6 is 0 Å². The first-order valence-corrected chi connectivity index (χ1v) is 8.80. The topological polar surface area (TPSA) is 72.9 Å². The highest BCUT2D eigenvalue weighted by molar-refractivity contribution is 7.86. The summed E-state index contributed by atoms with van der Waals surface area (Å²) in [5.41, 5.74) is 0.797. The number of nitrogens with zero attached hydrogens (tertiary/aromatic N) is 1. The Hall–Kier alpha value is -1.60. The highest BCUT2D eigenvalue weighted by atomic mass is 32.2. The third kappa shape index (κ3) is 6.44. The molecule has 0 spiro atoms. The Morgan fingerprint density at radius 2 is 2.00 bits per heavy atom. The number of hydrogen-bond acceptors (Lipinski definition) is 5. The fourth-order valence-corrected chi connectivity index (χ4v) is 2.38. The highest BCUT2D eigenvalue weighted by Gasteiger charge is 2.17. The molecule has 0 unspecified atom stereocenters. The predicted molar refractivity (Wildman–Crippen MR) is 84.0 cm³/mol. The van der Waals surface area contributed by atoms with Gasteiger partial charge in [-0.05, 0) is 17.7 Å². The molecule has 0 atom stereocenters. The average molecular weight is 329 g/mol. The Labute approximate surface area is 132 Å². The lowest BCUT2D eigenvalue weighted by Crippen LogP contribution is -2.36. The van der Waals surface area contributed by atoms with Crippen molar-refractivity contribution in [3.63, 3.8) is 0 Å². The van der Waals surface area contributed by atoms with E-state index >= 15 is 0 Å². The van der Waals surface area contributed by atoms with Crippen LogP contribution in [0.25, 0.3) is 0 Å². The van der Waals surface area contributed by atoms with Crippen LogP contribution < -0.4 is 4.18 Å². The van der Waals surface area contributed by atoms with E-state index in [9.17, 15) is 13.2 Å². The van der Waals surface area contributed by atoms with Crippen LogP contribution in [0.15, 0.2) is 24.3 Å². The maximum absolute atomic E-state index is 12.2. The van der Waals surface area contributed by atoms with Gasteiger partial charge in [0.05, 0.1) is 12.9 Å². The van der Waals surface area contributed by atoms with Crippen LogP contribution in [-0.4, -0.2) is 45.7 Å². The van der Waals surface area contributed by atoms with Gasteiger partial charge in [0.2, 0.25) is 5.91 Å². The largest absolute Gasteiger partial charge is 0.383 e. The molecule has 1 aromatic rings. The monoisotopic (exact) mass is 329 g/mol. The standard InChI is InChI=1S/C15H23NO5S/c1-12(2)15(17)16(8-9-20-3)11-13-6-5-7-14(10-13)21-22(4,18)19/h5-7,10,12H,8-9,11H2,1-4H3. The van der Waals surface area contributed by atoms with Gasteiger partial charge in [0.15, 0.2) is 0 Å². The van der Waals surface area contributed by atoms with Gasteiger partial charge in [0.25, 0.3) is 0 Å². The van der Waals surface area contributed by atoms with Crippen molar-refractivity contribution in [2.45, 2.75) is 20.4 Å². The average Bonchev–Trinajstić information content (AvgIpc) is 2.41. The number of hydrogen-bond donors (Lipinski definition) is 0. The van der Waals surface area contributed by atoms with Crippen molar-refractivity contribution in [1.29, 1.82) is 0 Å². The van der Waals surface area contributed by atoms with Crippen LogP contribution in [0.2, 0.25) is 0 Å². The Morgan fingerprint density at radius 1 is 1.32 bits per heavy atom. The van der Waals surface area contributed by atoms with Crippen molar-refractivity contribution in [2.24, 2.45) is 5.92 Å². The molecule has 0 aromatic heterocycles.